The summed E-state index contributed by atoms with van der Waals surface area (Å²) in [6.45, 7) is 0. The molecule has 2 aliphatic heterocycles. The number of aromatic nitrogens is 2. The fourth-order valence-electron chi connectivity index (χ4n) is 4.03. The Morgan fingerprint density at radius 2 is 1.85 bits per heavy atom. The summed E-state index contributed by atoms with van der Waals surface area (Å²) in [6, 6.07) is 5.40. The average Bonchev–Trinajstić information content (AvgIpc) is 3.19. The monoisotopic (exact) mass is 382 g/mol. The number of hydrogen-bond donors (Lipinski definition) is 2. The quantitative estimate of drug-likeness (QED) is 0.803. The molecular weight excluding hydrogens is 364 g/mol. The Morgan fingerprint density at radius 1 is 1.19 bits per heavy atom. The first-order valence-corrected chi connectivity index (χ1v) is 8.80. The molecule has 0 spiro atoms. The number of rotatable bonds is 3. The second-order valence-corrected chi connectivity index (χ2v) is 7.05. The summed E-state index contributed by atoms with van der Waals surface area (Å²) in [4.78, 5) is 12.6. The molecule has 1 aromatic heterocycles. The van der Waals surface area contributed by atoms with E-state index in [1.165, 1.54) is 18.2 Å². The molecule has 144 valence electrons. The van der Waals surface area contributed by atoms with E-state index in [4.69, 9.17) is 0 Å². The van der Waals surface area contributed by atoms with E-state index in [9.17, 15) is 22.4 Å². The van der Waals surface area contributed by atoms with Gasteiger partial charge in [0.25, 0.3) is 5.91 Å². The van der Waals surface area contributed by atoms with Crippen LogP contribution in [0.15, 0.2) is 30.5 Å². The Labute approximate surface area is 152 Å². The number of piperidine rings is 1. The summed E-state index contributed by atoms with van der Waals surface area (Å²) in [5.41, 5.74) is -2.23. The van der Waals surface area contributed by atoms with Crippen LogP contribution < -0.4 is 10.6 Å². The fraction of sp³-hybridized carbons (Fsp3) is 0.444. The van der Waals surface area contributed by atoms with Gasteiger partial charge in [-0.25, -0.2) is 9.07 Å². The molecule has 5 nitrogen and oxygen atoms in total. The van der Waals surface area contributed by atoms with Crippen molar-refractivity contribution < 1.29 is 22.4 Å². The van der Waals surface area contributed by atoms with E-state index in [2.05, 4.69) is 15.7 Å². The van der Waals surface area contributed by atoms with Crippen molar-refractivity contribution >= 4 is 5.91 Å². The van der Waals surface area contributed by atoms with E-state index < -0.39 is 29.2 Å². The summed E-state index contributed by atoms with van der Waals surface area (Å²) in [7, 11) is 0. The maximum atomic E-state index is 14.0. The number of nitrogens with one attached hydrogen (secondary N) is 2. The highest BCUT2D eigenvalue weighted by Gasteiger charge is 2.42. The Hall–Kier alpha value is -2.42. The Bertz CT molecular complexity index is 851. The van der Waals surface area contributed by atoms with Crippen LogP contribution in [-0.4, -0.2) is 33.8 Å². The highest BCUT2D eigenvalue weighted by molar-refractivity contribution is 5.95. The van der Waals surface area contributed by atoms with E-state index in [0.29, 0.717) is 17.5 Å². The number of carbonyl (C=O) groups is 1. The largest absolute Gasteiger partial charge is 0.434 e. The van der Waals surface area contributed by atoms with Crippen molar-refractivity contribution in [1.82, 2.24) is 20.4 Å². The second-order valence-electron chi connectivity index (χ2n) is 7.05. The molecular formula is C18H18F4N4O. The SMILES string of the molecule is O=C(NC1CC2CCC(C1)N2)c1cnn(-c2ccccc2F)c1C(F)(F)F. The summed E-state index contributed by atoms with van der Waals surface area (Å²) in [5, 5.41) is 9.77. The number of amides is 1. The fourth-order valence-corrected chi connectivity index (χ4v) is 4.03. The van der Waals surface area contributed by atoms with Crippen molar-refractivity contribution in [3.05, 3.63) is 47.5 Å². The van der Waals surface area contributed by atoms with Crippen molar-refractivity contribution in [1.29, 1.82) is 0 Å². The molecule has 0 saturated carbocycles. The third-order valence-electron chi connectivity index (χ3n) is 5.17. The van der Waals surface area contributed by atoms with Crippen LogP contribution in [0.25, 0.3) is 5.69 Å². The van der Waals surface area contributed by atoms with Gasteiger partial charge in [-0.05, 0) is 37.8 Å². The van der Waals surface area contributed by atoms with Crippen LogP contribution >= 0.6 is 0 Å². The van der Waals surface area contributed by atoms with Crippen molar-refractivity contribution in [2.75, 3.05) is 0 Å². The van der Waals surface area contributed by atoms with Crippen LogP contribution in [0.3, 0.4) is 0 Å². The van der Waals surface area contributed by atoms with Gasteiger partial charge >= 0.3 is 6.18 Å². The maximum Gasteiger partial charge on any atom is 0.434 e. The molecule has 3 heterocycles. The molecule has 2 N–H and O–H groups in total. The van der Waals surface area contributed by atoms with Gasteiger partial charge in [-0.1, -0.05) is 12.1 Å². The van der Waals surface area contributed by atoms with Gasteiger partial charge in [0.05, 0.1) is 11.8 Å². The molecule has 1 aromatic carbocycles. The standard InChI is InChI=1S/C18H18F4N4O/c19-14-3-1-2-4-15(14)26-16(18(20,21)22)13(9-23-26)17(27)25-12-7-10-5-6-11(8-12)24-10/h1-4,9-12,24H,5-8H2,(H,25,27). The first-order chi connectivity index (χ1) is 12.8. The number of fused-ring (bicyclic) bond motifs is 2. The lowest BCUT2D eigenvalue weighted by molar-refractivity contribution is -0.143. The lowest BCUT2D eigenvalue weighted by Gasteiger charge is -2.29. The molecule has 2 aromatic rings. The number of carbonyl (C=O) groups excluding carboxylic acids is 1. The highest BCUT2D eigenvalue weighted by atomic mass is 19.4. The lowest BCUT2D eigenvalue weighted by atomic mass is 9.99. The highest BCUT2D eigenvalue weighted by Crippen LogP contribution is 2.34. The molecule has 2 unspecified atom stereocenters. The number of nitrogens with zero attached hydrogens (tertiary/aromatic N) is 2. The lowest BCUT2D eigenvalue weighted by Crippen LogP contribution is -2.48. The number of hydrogen-bond acceptors (Lipinski definition) is 3. The predicted octanol–water partition coefficient (Wildman–Crippen LogP) is 3.04. The topological polar surface area (TPSA) is 59.0 Å². The molecule has 27 heavy (non-hydrogen) atoms. The first-order valence-electron chi connectivity index (χ1n) is 8.80. The maximum absolute atomic E-state index is 14.0. The first kappa shape index (κ1) is 18.0. The summed E-state index contributed by atoms with van der Waals surface area (Å²) < 4.78 is 55.4. The van der Waals surface area contributed by atoms with Crippen molar-refractivity contribution in [3.8, 4) is 5.69 Å². The minimum Gasteiger partial charge on any atom is -0.349 e. The number of benzene rings is 1. The summed E-state index contributed by atoms with van der Waals surface area (Å²) >= 11 is 0. The van der Waals surface area contributed by atoms with Crippen LogP contribution in [0.4, 0.5) is 17.6 Å². The zero-order chi connectivity index (χ0) is 19.2. The Kier molecular flexibility index (Phi) is 4.41. The zero-order valence-electron chi connectivity index (χ0n) is 14.3. The van der Waals surface area contributed by atoms with E-state index in [1.54, 1.807) is 0 Å². The van der Waals surface area contributed by atoms with E-state index >= 15 is 0 Å². The third kappa shape index (κ3) is 3.43. The average molecular weight is 382 g/mol. The molecule has 2 fully saturated rings. The molecule has 1 amide bonds. The van der Waals surface area contributed by atoms with Gasteiger partial charge < -0.3 is 10.6 Å². The van der Waals surface area contributed by atoms with Gasteiger partial charge in [0, 0.05) is 18.1 Å². The smallest absolute Gasteiger partial charge is 0.349 e. The van der Waals surface area contributed by atoms with Gasteiger partial charge in [-0.15, -0.1) is 0 Å². The van der Waals surface area contributed by atoms with Gasteiger partial charge in [0.1, 0.15) is 11.5 Å². The third-order valence-corrected chi connectivity index (χ3v) is 5.17. The number of halogens is 4. The van der Waals surface area contributed by atoms with Crippen LogP contribution in [-0.2, 0) is 6.18 Å². The van der Waals surface area contributed by atoms with Gasteiger partial charge in [-0.3, -0.25) is 4.79 Å². The normalized spacial score (nSPS) is 24.8. The Balaban J connectivity index is 1.64. The second kappa shape index (κ2) is 6.63. The van der Waals surface area contributed by atoms with E-state index in [0.717, 1.165) is 25.1 Å². The Morgan fingerprint density at radius 3 is 2.48 bits per heavy atom. The molecule has 0 aliphatic carbocycles. The van der Waals surface area contributed by atoms with Gasteiger partial charge in [0.15, 0.2) is 5.69 Å². The molecule has 2 bridgehead atoms. The molecule has 2 atom stereocenters. The molecule has 0 radical (unpaired) electrons. The molecule has 2 saturated heterocycles. The molecule has 9 heteroatoms. The van der Waals surface area contributed by atoms with Crippen molar-refractivity contribution in [2.24, 2.45) is 0 Å². The van der Waals surface area contributed by atoms with Crippen LogP contribution in [0.5, 0.6) is 0 Å². The minimum absolute atomic E-state index is 0.186. The summed E-state index contributed by atoms with van der Waals surface area (Å²) in [6.07, 6.45) is -0.624. The van der Waals surface area contributed by atoms with Crippen LogP contribution in [0, 0.1) is 5.82 Å². The van der Waals surface area contributed by atoms with Crippen LogP contribution in [0.1, 0.15) is 41.7 Å². The van der Waals surface area contributed by atoms with E-state index in [-0.39, 0.29) is 23.8 Å². The zero-order valence-corrected chi connectivity index (χ0v) is 14.3. The number of para-hydroxylation sites is 1. The van der Waals surface area contributed by atoms with Gasteiger partial charge in [-0.2, -0.15) is 18.3 Å². The number of alkyl halides is 3. The van der Waals surface area contributed by atoms with E-state index in [1.807, 2.05) is 0 Å². The predicted molar refractivity (Wildman–Crippen MR) is 89.0 cm³/mol. The van der Waals surface area contributed by atoms with Crippen molar-refractivity contribution in [3.63, 3.8) is 0 Å². The van der Waals surface area contributed by atoms with Gasteiger partial charge in [0.2, 0.25) is 0 Å². The minimum atomic E-state index is -4.86. The van der Waals surface area contributed by atoms with Crippen molar-refractivity contribution in [2.45, 2.75) is 50.0 Å². The van der Waals surface area contributed by atoms with Crippen LogP contribution in [0.2, 0.25) is 0 Å². The molecule has 4 rings (SSSR count). The molecule has 2 aliphatic rings. The summed E-state index contributed by atoms with van der Waals surface area (Å²) in [5.74, 6) is -1.69.